The zero-order valence-corrected chi connectivity index (χ0v) is 14.2. The second-order valence-electron chi connectivity index (χ2n) is 6.74. The molecule has 2 N–H and O–H groups in total. The average Bonchev–Trinajstić information content (AvgIpc) is 3.24. The molecular weight excluding hydrogens is 328 g/mol. The van der Waals surface area contributed by atoms with Crippen LogP contribution in [-0.2, 0) is 4.79 Å². The number of ether oxygens (including phenoxy) is 1. The van der Waals surface area contributed by atoms with Crippen LogP contribution in [-0.4, -0.2) is 44.7 Å². The maximum atomic E-state index is 12.5. The molecule has 0 aliphatic carbocycles. The fraction of sp³-hybridized carbons (Fsp3) is 0.611. The highest BCUT2D eigenvalue weighted by atomic mass is 19.3. The van der Waals surface area contributed by atoms with E-state index in [1.54, 1.807) is 24.3 Å². The number of alkyl halides is 2. The molecule has 0 bridgehead atoms. The lowest BCUT2D eigenvalue weighted by Crippen LogP contribution is -2.37. The van der Waals surface area contributed by atoms with Crippen LogP contribution in [0.2, 0.25) is 0 Å². The van der Waals surface area contributed by atoms with Gasteiger partial charge in [-0.2, -0.15) is 8.78 Å². The standard InChI is InChI=1S/C18H25F2N3O2/c19-18(20)25-16-4-2-1-3-15(16)23-10-8-14(12-23)22-17(24)6-5-13-7-9-21-11-13/h1-4,13-14,18,21H,5-12H2,(H,22,24). The first-order valence-electron chi connectivity index (χ1n) is 8.90. The summed E-state index contributed by atoms with van der Waals surface area (Å²) in [6.07, 6.45) is 3.42. The number of benzene rings is 1. The molecule has 25 heavy (non-hydrogen) atoms. The Morgan fingerprint density at radius 3 is 2.96 bits per heavy atom. The smallest absolute Gasteiger partial charge is 0.387 e. The Labute approximate surface area is 146 Å². The third-order valence-corrected chi connectivity index (χ3v) is 4.92. The summed E-state index contributed by atoms with van der Waals surface area (Å²) in [6, 6.07) is 6.84. The summed E-state index contributed by atoms with van der Waals surface area (Å²) in [5.41, 5.74) is 0.650. The number of rotatable bonds is 7. The zero-order valence-electron chi connectivity index (χ0n) is 14.2. The average molecular weight is 353 g/mol. The van der Waals surface area contributed by atoms with Crippen molar-refractivity contribution in [3.63, 3.8) is 0 Å². The quantitative estimate of drug-likeness (QED) is 0.790. The lowest BCUT2D eigenvalue weighted by molar-refractivity contribution is -0.121. The molecule has 2 aliphatic rings. The molecule has 1 aromatic rings. The second-order valence-corrected chi connectivity index (χ2v) is 6.74. The number of hydrogen-bond acceptors (Lipinski definition) is 4. The van der Waals surface area contributed by atoms with Crippen LogP contribution in [0, 0.1) is 5.92 Å². The number of nitrogens with one attached hydrogen (secondary N) is 2. The van der Waals surface area contributed by atoms with Gasteiger partial charge in [-0.25, -0.2) is 0 Å². The normalized spacial score (nSPS) is 23.2. The number of carbonyl (C=O) groups excluding carboxylic acids is 1. The summed E-state index contributed by atoms with van der Waals surface area (Å²) >= 11 is 0. The first-order chi connectivity index (χ1) is 12.1. The van der Waals surface area contributed by atoms with Crippen LogP contribution in [0.3, 0.4) is 0 Å². The van der Waals surface area contributed by atoms with Crippen LogP contribution in [0.1, 0.15) is 25.7 Å². The van der Waals surface area contributed by atoms with Crippen molar-refractivity contribution in [3.8, 4) is 5.75 Å². The van der Waals surface area contributed by atoms with Crippen molar-refractivity contribution in [2.75, 3.05) is 31.1 Å². The van der Waals surface area contributed by atoms with Gasteiger partial charge in [0.2, 0.25) is 5.91 Å². The second kappa shape index (κ2) is 8.47. The van der Waals surface area contributed by atoms with Crippen molar-refractivity contribution in [1.29, 1.82) is 0 Å². The van der Waals surface area contributed by atoms with Gasteiger partial charge in [0.05, 0.1) is 5.69 Å². The monoisotopic (exact) mass is 353 g/mol. The van der Waals surface area contributed by atoms with E-state index in [1.807, 2.05) is 4.90 Å². The van der Waals surface area contributed by atoms with E-state index in [0.717, 1.165) is 32.4 Å². The van der Waals surface area contributed by atoms with Gasteiger partial charge in [-0.15, -0.1) is 0 Å². The minimum atomic E-state index is -2.84. The Kier molecular flexibility index (Phi) is 6.07. The number of halogens is 2. The summed E-state index contributed by atoms with van der Waals surface area (Å²) in [5, 5.41) is 6.38. The van der Waals surface area contributed by atoms with Gasteiger partial charge in [0.15, 0.2) is 0 Å². The van der Waals surface area contributed by atoms with Gasteiger partial charge in [0.25, 0.3) is 0 Å². The Hall–Kier alpha value is -1.89. The lowest BCUT2D eigenvalue weighted by atomic mass is 10.0. The molecule has 0 spiro atoms. The molecule has 3 rings (SSSR count). The molecule has 2 aliphatic heterocycles. The van der Waals surface area contributed by atoms with Gasteiger partial charge in [0, 0.05) is 25.6 Å². The van der Waals surface area contributed by atoms with Crippen molar-refractivity contribution in [1.82, 2.24) is 10.6 Å². The van der Waals surface area contributed by atoms with Crippen molar-refractivity contribution < 1.29 is 18.3 Å². The number of anilines is 1. The molecule has 0 saturated carbocycles. The molecule has 2 saturated heterocycles. The molecule has 7 heteroatoms. The van der Waals surface area contributed by atoms with Crippen LogP contribution in [0.15, 0.2) is 24.3 Å². The maximum absolute atomic E-state index is 12.5. The Morgan fingerprint density at radius 2 is 2.20 bits per heavy atom. The molecule has 0 aromatic heterocycles. The van der Waals surface area contributed by atoms with E-state index >= 15 is 0 Å². The van der Waals surface area contributed by atoms with Gasteiger partial charge in [-0.05, 0) is 50.4 Å². The summed E-state index contributed by atoms with van der Waals surface area (Å²) in [7, 11) is 0. The molecule has 0 radical (unpaired) electrons. The van der Waals surface area contributed by atoms with E-state index in [2.05, 4.69) is 15.4 Å². The van der Waals surface area contributed by atoms with E-state index in [0.29, 0.717) is 31.1 Å². The lowest BCUT2D eigenvalue weighted by Gasteiger charge is -2.22. The molecular formula is C18H25F2N3O2. The Balaban J connectivity index is 1.49. The highest BCUT2D eigenvalue weighted by Gasteiger charge is 2.26. The van der Waals surface area contributed by atoms with E-state index in [4.69, 9.17) is 0 Å². The van der Waals surface area contributed by atoms with E-state index in [-0.39, 0.29) is 17.7 Å². The predicted molar refractivity (Wildman–Crippen MR) is 92.0 cm³/mol. The molecule has 2 unspecified atom stereocenters. The van der Waals surface area contributed by atoms with Crippen LogP contribution in [0.4, 0.5) is 14.5 Å². The molecule has 2 heterocycles. The number of para-hydroxylation sites is 2. The van der Waals surface area contributed by atoms with E-state index < -0.39 is 6.61 Å². The molecule has 5 nitrogen and oxygen atoms in total. The highest BCUT2D eigenvalue weighted by Crippen LogP contribution is 2.31. The molecule has 1 aromatic carbocycles. The highest BCUT2D eigenvalue weighted by molar-refractivity contribution is 5.76. The van der Waals surface area contributed by atoms with Crippen molar-refractivity contribution >= 4 is 11.6 Å². The number of amides is 1. The zero-order chi connectivity index (χ0) is 17.6. The molecule has 138 valence electrons. The largest absolute Gasteiger partial charge is 0.433 e. The topological polar surface area (TPSA) is 53.6 Å². The fourth-order valence-corrected chi connectivity index (χ4v) is 3.61. The van der Waals surface area contributed by atoms with Crippen molar-refractivity contribution in [3.05, 3.63) is 24.3 Å². The van der Waals surface area contributed by atoms with E-state index in [1.165, 1.54) is 0 Å². The summed E-state index contributed by atoms with van der Waals surface area (Å²) in [4.78, 5) is 14.1. The van der Waals surface area contributed by atoms with Crippen LogP contribution < -0.4 is 20.3 Å². The summed E-state index contributed by atoms with van der Waals surface area (Å²) in [5.74, 6) is 0.860. The Bertz CT molecular complexity index is 579. The SMILES string of the molecule is O=C(CCC1CCNC1)NC1CCN(c2ccccc2OC(F)F)C1. The van der Waals surface area contributed by atoms with Crippen LogP contribution in [0.25, 0.3) is 0 Å². The molecule has 2 atom stereocenters. The summed E-state index contributed by atoms with van der Waals surface area (Å²) < 4.78 is 29.7. The van der Waals surface area contributed by atoms with Crippen LogP contribution >= 0.6 is 0 Å². The predicted octanol–water partition coefficient (Wildman–Crippen LogP) is 2.37. The van der Waals surface area contributed by atoms with Gasteiger partial charge in [0.1, 0.15) is 5.75 Å². The molecule has 2 fully saturated rings. The minimum Gasteiger partial charge on any atom is -0.433 e. The number of carbonyl (C=O) groups is 1. The van der Waals surface area contributed by atoms with Crippen LogP contribution in [0.5, 0.6) is 5.75 Å². The van der Waals surface area contributed by atoms with Crippen molar-refractivity contribution in [2.45, 2.75) is 38.3 Å². The first-order valence-corrected chi connectivity index (χ1v) is 8.90. The third kappa shape index (κ3) is 5.04. The maximum Gasteiger partial charge on any atom is 0.387 e. The minimum absolute atomic E-state index is 0.0498. The number of nitrogens with zero attached hydrogens (tertiary/aromatic N) is 1. The van der Waals surface area contributed by atoms with Gasteiger partial charge in [-0.3, -0.25) is 4.79 Å². The fourth-order valence-electron chi connectivity index (χ4n) is 3.61. The summed E-state index contributed by atoms with van der Waals surface area (Å²) in [6.45, 7) is 0.529. The van der Waals surface area contributed by atoms with Gasteiger partial charge >= 0.3 is 6.61 Å². The molecule has 1 amide bonds. The Morgan fingerprint density at radius 1 is 1.36 bits per heavy atom. The third-order valence-electron chi connectivity index (χ3n) is 4.92. The van der Waals surface area contributed by atoms with Gasteiger partial charge in [-0.1, -0.05) is 12.1 Å². The van der Waals surface area contributed by atoms with Gasteiger partial charge < -0.3 is 20.3 Å². The number of hydrogen-bond donors (Lipinski definition) is 2. The first kappa shape index (κ1) is 17.9. The van der Waals surface area contributed by atoms with E-state index in [9.17, 15) is 13.6 Å². The van der Waals surface area contributed by atoms with Crippen molar-refractivity contribution in [2.24, 2.45) is 5.92 Å².